The topological polar surface area (TPSA) is 60.9 Å². The van der Waals surface area contributed by atoms with Crippen LogP contribution >= 0.6 is 11.6 Å². The number of Topliss-reactive ketones (excluding diaryl/α,β-unsaturated/α-hetero) is 1. The highest BCUT2D eigenvalue weighted by Gasteiger charge is 2.14. The highest BCUT2D eigenvalue weighted by atomic mass is 35.5. The fourth-order valence-corrected chi connectivity index (χ4v) is 1.53. The van der Waals surface area contributed by atoms with Crippen LogP contribution in [0.15, 0.2) is 22.9 Å². The van der Waals surface area contributed by atoms with E-state index in [-0.39, 0.29) is 23.2 Å². The molecule has 0 fully saturated rings. The first-order chi connectivity index (χ1) is 7.70. The third-order valence-electron chi connectivity index (χ3n) is 2.16. The van der Waals surface area contributed by atoms with Crippen molar-refractivity contribution in [3.05, 3.63) is 35.3 Å². The van der Waals surface area contributed by atoms with Crippen LogP contribution in [0.4, 0.5) is 0 Å². The van der Waals surface area contributed by atoms with Crippen molar-refractivity contribution in [2.45, 2.75) is 19.9 Å². The van der Waals surface area contributed by atoms with Gasteiger partial charge in [0.15, 0.2) is 11.0 Å². The van der Waals surface area contributed by atoms with Crippen molar-refractivity contribution < 1.29 is 9.21 Å². The van der Waals surface area contributed by atoms with Gasteiger partial charge in [0.2, 0.25) is 5.78 Å². The summed E-state index contributed by atoms with van der Waals surface area (Å²) in [7, 11) is 0. The van der Waals surface area contributed by atoms with Crippen LogP contribution in [0, 0.1) is 0 Å². The van der Waals surface area contributed by atoms with E-state index >= 15 is 0 Å². The summed E-state index contributed by atoms with van der Waals surface area (Å²) in [6.07, 6.45) is 1.60. The molecule has 0 aliphatic carbocycles. The Bertz CT molecular complexity index is 504. The van der Waals surface area contributed by atoms with Crippen LogP contribution in [-0.4, -0.2) is 20.5 Å². The van der Waals surface area contributed by atoms with Gasteiger partial charge in [0, 0.05) is 6.54 Å². The van der Waals surface area contributed by atoms with Crippen LogP contribution in [0.25, 0.3) is 0 Å². The highest BCUT2D eigenvalue weighted by molar-refractivity contribution is 6.29. The van der Waals surface area contributed by atoms with Crippen LogP contribution in [-0.2, 0) is 13.0 Å². The van der Waals surface area contributed by atoms with E-state index in [0.717, 1.165) is 0 Å². The smallest absolute Gasteiger partial charge is 0.205 e. The molecule has 2 aromatic heterocycles. The van der Waals surface area contributed by atoms with Crippen LogP contribution < -0.4 is 0 Å². The molecule has 0 unspecified atom stereocenters. The molecule has 6 heteroatoms. The Labute approximate surface area is 97.0 Å². The molecular weight excluding hydrogens is 230 g/mol. The summed E-state index contributed by atoms with van der Waals surface area (Å²) in [6.45, 7) is 2.62. The van der Waals surface area contributed by atoms with Crippen molar-refractivity contribution >= 4 is 17.4 Å². The van der Waals surface area contributed by atoms with Crippen LogP contribution in [0.2, 0.25) is 5.22 Å². The van der Waals surface area contributed by atoms with Gasteiger partial charge in [0.1, 0.15) is 12.2 Å². The van der Waals surface area contributed by atoms with Crippen molar-refractivity contribution in [3.8, 4) is 0 Å². The monoisotopic (exact) mass is 239 g/mol. The van der Waals surface area contributed by atoms with Gasteiger partial charge in [0.05, 0.1) is 6.42 Å². The molecule has 0 atom stereocenters. The summed E-state index contributed by atoms with van der Waals surface area (Å²) >= 11 is 5.59. The van der Waals surface area contributed by atoms with Gasteiger partial charge in [-0.25, -0.2) is 9.67 Å². The average molecular weight is 240 g/mol. The largest absolute Gasteiger partial charge is 0.442 e. The second-order valence-corrected chi connectivity index (χ2v) is 3.57. The highest BCUT2D eigenvalue weighted by Crippen LogP contribution is 2.14. The molecule has 0 radical (unpaired) electrons. The molecule has 0 saturated carbocycles. The lowest BCUT2D eigenvalue weighted by atomic mass is 10.2. The molecule has 0 amide bonds. The molecule has 84 valence electrons. The molecule has 0 spiro atoms. The summed E-state index contributed by atoms with van der Waals surface area (Å²) in [5.74, 6) is 0.713. The van der Waals surface area contributed by atoms with Crippen molar-refractivity contribution in [1.82, 2.24) is 14.8 Å². The number of carbonyl (C=O) groups excluding carboxylic acids is 1. The molecule has 2 aromatic rings. The number of aromatic nitrogens is 3. The van der Waals surface area contributed by atoms with Gasteiger partial charge in [-0.05, 0) is 30.7 Å². The number of hydrogen-bond donors (Lipinski definition) is 0. The van der Waals surface area contributed by atoms with E-state index in [4.69, 9.17) is 16.0 Å². The Morgan fingerprint density at radius 1 is 1.56 bits per heavy atom. The molecular formula is C10H10ClN3O2. The molecule has 2 heterocycles. The third-order valence-corrected chi connectivity index (χ3v) is 2.37. The van der Waals surface area contributed by atoms with Crippen LogP contribution in [0.3, 0.4) is 0 Å². The zero-order valence-corrected chi connectivity index (χ0v) is 9.44. The van der Waals surface area contributed by atoms with Crippen LogP contribution in [0.5, 0.6) is 0 Å². The molecule has 0 aliphatic heterocycles. The zero-order chi connectivity index (χ0) is 11.5. The lowest BCUT2D eigenvalue weighted by Crippen LogP contribution is -2.10. The van der Waals surface area contributed by atoms with Gasteiger partial charge in [-0.1, -0.05) is 0 Å². The molecule has 0 aromatic carbocycles. The summed E-state index contributed by atoms with van der Waals surface area (Å²) in [6, 6.07) is 3.09. The molecule has 2 rings (SSSR count). The average Bonchev–Trinajstić information content (AvgIpc) is 2.86. The van der Waals surface area contributed by atoms with E-state index in [2.05, 4.69) is 10.1 Å². The standard InChI is InChI=1S/C10H10ClN3O2/c1-2-14-10(12-6-13-14)5-7(15)8-3-4-9(11)16-8/h3-4,6H,2,5H2,1H3. The molecule has 0 aliphatic rings. The Morgan fingerprint density at radius 3 is 3.00 bits per heavy atom. The minimum Gasteiger partial charge on any atom is -0.442 e. The SMILES string of the molecule is CCn1ncnc1CC(=O)c1ccc(Cl)o1. The second-order valence-electron chi connectivity index (χ2n) is 3.20. The number of aryl methyl sites for hydroxylation is 1. The number of nitrogens with zero attached hydrogens (tertiary/aromatic N) is 3. The normalized spacial score (nSPS) is 10.6. The van der Waals surface area contributed by atoms with E-state index in [0.29, 0.717) is 12.4 Å². The van der Waals surface area contributed by atoms with Gasteiger partial charge in [-0.3, -0.25) is 4.79 Å². The lowest BCUT2D eigenvalue weighted by Gasteiger charge is -2.00. The first-order valence-corrected chi connectivity index (χ1v) is 5.23. The lowest BCUT2D eigenvalue weighted by molar-refractivity contribution is 0.0963. The Hall–Kier alpha value is -1.62. The van der Waals surface area contributed by atoms with Gasteiger partial charge in [-0.15, -0.1) is 0 Å². The molecule has 5 nitrogen and oxygen atoms in total. The summed E-state index contributed by atoms with van der Waals surface area (Å²) in [5.41, 5.74) is 0. The number of rotatable bonds is 4. The van der Waals surface area contributed by atoms with Crippen LogP contribution in [0.1, 0.15) is 23.3 Å². The Kier molecular flexibility index (Phi) is 3.05. The number of ketones is 1. The first-order valence-electron chi connectivity index (χ1n) is 4.86. The summed E-state index contributed by atoms with van der Waals surface area (Å²) in [4.78, 5) is 15.8. The molecule has 0 bridgehead atoms. The second kappa shape index (κ2) is 4.49. The molecule has 16 heavy (non-hydrogen) atoms. The van der Waals surface area contributed by atoms with Crippen molar-refractivity contribution in [2.24, 2.45) is 0 Å². The van der Waals surface area contributed by atoms with Gasteiger partial charge >= 0.3 is 0 Å². The fourth-order valence-electron chi connectivity index (χ4n) is 1.38. The number of halogens is 1. The Balaban J connectivity index is 2.13. The predicted molar refractivity (Wildman–Crippen MR) is 57.4 cm³/mol. The van der Waals surface area contributed by atoms with E-state index in [1.165, 1.54) is 6.33 Å². The minimum absolute atomic E-state index is 0.158. The summed E-state index contributed by atoms with van der Waals surface area (Å²) < 4.78 is 6.70. The molecule has 0 N–H and O–H groups in total. The Morgan fingerprint density at radius 2 is 2.38 bits per heavy atom. The maximum absolute atomic E-state index is 11.8. The number of hydrogen-bond acceptors (Lipinski definition) is 4. The number of carbonyl (C=O) groups is 1. The van der Waals surface area contributed by atoms with Crippen molar-refractivity contribution in [3.63, 3.8) is 0 Å². The number of furan rings is 1. The van der Waals surface area contributed by atoms with Crippen molar-refractivity contribution in [1.29, 1.82) is 0 Å². The predicted octanol–water partition coefficient (Wildman–Crippen LogP) is 1.97. The zero-order valence-electron chi connectivity index (χ0n) is 8.68. The molecule has 0 saturated heterocycles. The van der Waals surface area contributed by atoms with E-state index < -0.39 is 0 Å². The van der Waals surface area contributed by atoms with Gasteiger partial charge in [0.25, 0.3) is 0 Å². The van der Waals surface area contributed by atoms with Gasteiger partial charge < -0.3 is 4.42 Å². The quantitative estimate of drug-likeness (QED) is 0.766. The van der Waals surface area contributed by atoms with E-state index in [1.807, 2.05) is 6.92 Å². The first kappa shape index (κ1) is 10.9. The maximum Gasteiger partial charge on any atom is 0.205 e. The minimum atomic E-state index is -0.158. The maximum atomic E-state index is 11.8. The fraction of sp³-hybridized carbons (Fsp3) is 0.300. The van der Waals surface area contributed by atoms with Crippen molar-refractivity contribution in [2.75, 3.05) is 0 Å². The van der Waals surface area contributed by atoms with E-state index in [1.54, 1.807) is 16.8 Å². The third kappa shape index (κ3) is 2.14. The summed E-state index contributed by atoms with van der Waals surface area (Å²) in [5, 5.41) is 4.19. The van der Waals surface area contributed by atoms with Gasteiger partial charge in [-0.2, -0.15) is 5.10 Å². The van der Waals surface area contributed by atoms with E-state index in [9.17, 15) is 4.79 Å².